The zero-order valence-electron chi connectivity index (χ0n) is 14.4. The first kappa shape index (κ1) is 16.8. The lowest BCUT2D eigenvalue weighted by Crippen LogP contribution is -2.57. The van der Waals surface area contributed by atoms with E-state index in [0.29, 0.717) is 6.42 Å². The van der Waals surface area contributed by atoms with E-state index < -0.39 is 0 Å². The third-order valence-corrected chi connectivity index (χ3v) is 4.86. The molecule has 24 heavy (non-hydrogen) atoms. The molecule has 0 bridgehead atoms. The summed E-state index contributed by atoms with van der Waals surface area (Å²) in [6.45, 7) is 6.47. The van der Waals surface area contributed by atoms with Gasteiger partial charge in [0.2, 0.25) is 5.91 Å². The quantitative estimate of drug-likeness (QED) is 0.791. The van der Waals surface area contributed by atoms with Gasteiger partial charge in [-0.15, -0.1) is 0 Å². The maximum absolute atomic E-state index is 12.0. The Morgan fingerprint density at radius 3 is 2.71 bits per heavy atom. The first-order valence-electron chi connectivity index (χ1n) is 8.69. The predicted octanol–water partition coefficient (Wildman–Crippen LogP) is 2.03. The largest absolute Gasteiger partial charge is 0.354 e. The Morgan fingerprint density at radius 2 is 2.00 bits per heavy atom. The number of piperidine rings is 1. The summed E-state index contributed by atoms with van der Waals surface area (Å²) < 4.78 is 0. The Hall–Kier alpha value is -2.08. The normalized spacial score (nSPS) is 19.5. The van der Waals surface area contributed by atoms with Crippen molar-refractivity contribution in [3.63, 3.8) is 0 Å². The predicted molar refractivity (Wildman–Crippen MR) is 93.8 cm³/mol. The topological polar surface area (TPSA) is 73.5 Å². The molecule has 0 saturated carbocycles. The Balaban J connectivity index is 1.61. The fourth-order valence-corrected chi connectivity index (χ4v) is 3.65. The van der Waals surface area contributed by atoms with Crippen LogP contribution in [0.2, 0.25) is 0 Å². The summed E-state index contributed by atoms with van der Waals surface area (Å²) in [4.78, 5) is 26.1. The van der Waals surface area contributed by atoms with Crippen molar-refractivity contribution in [2.75, 3.05) is 25.0 Å². The van der Waals surface area contributed by atoms with Crippen molar-refractivity contribution in [1.29, 1.82) is 0 Å². The van der Waals surface area contributed by atoms with Crippen LogP contribution < -0.4 is 16.0 Å². The molecule has 2 heterocycles. The van der Waals surface area contributed by atoms with Crippen molar-refractivity contribution in [2.24, 2.45) is 0 Å². The van der Waals surface area contributed by atoms with Crippen LogP contribution in [0.1, 0.15) is 38.7 Å². The number of likely N-dealkylation sites (tertiary alicyclic amines) is 1. The molecule has 1 saturated heterocycles. The maximum Gasteiger partial charge on any atom is 0.319 e. The van der Waals surface area contributed by atoms with Gasteiger partial charge in [0, 0.05) is 43.3 Å². The van der Waals surface area contributed by atoms with Gasteiger partial charge in [-0.1, -0.05) is 18.2 Å². The van der Waals surface area contributed by atoms with Gasteiger partial charge in [0.15, 0.2) is 0 Å². The minimum atomic E-state index is -0.282. The molecule has 1 aromatic rings. The molecule has 1 aromatic carbocycles. The molecule has 3 rings (SSSR count). The number of carbonyl (C=O) groups excluding carboxylic acids is 2. The van der Waals surface area contributed by atoms with E-state index in [-0.39, 0.29) is 23.5 Å². The van der Waals surface area contributed by atoms with Crippen LogP contribution >= 0.6 is 0 Å². The Bertz CT molecular complexity index is 621. The summed E-state index contributed by atoms with van der Waals surface area (Å²) in [6, 6.07) is 8.07. The molecule has 2 aliphatic rings. The minimum Gasteiger partial charge on any atom is -0.354 e. The highest BCUT2D eigenvalue weighted by atomic mass is 16.2. The Labute approximate surface area is 143 Å². The van der Waals surface area contributed by atoms with Crippen LogP contribution in [-0.2, 0) is 10.3 Å². The number of anilines is 1. The minimum absolute atomic E-state index is 0.103. The van der Waals surface area contributed by atoms with Crippen molar-refractivity contribution in [3.8, 4) is 0 Å². The van der Waals surface area contributed by atoms with E-state index in [9.17, 15) is 9.59 Å². The zero-order valence-corrected chi connectivity index (χ0v) is 14.4. The van der Waals surface area contributed by atoms with E-state index in [1.165, 1.54) is 5.56 Å². The molecule has 6 nitrogen and oxygen atoms in total. The molecule has 0 aliphatic carbocycles. The number of urea groups is 1. The van der Waals surface area contributed by atoms with Gasteiger partial charge in [-0.3, -0.25) is 4.79 Å². The number of hydrogen-bond acceptors (Lipinski definition) is 3. The fraction of sp³-hybridized carbons (Fsp3) is 0.556. The van der Waals surface area contributed by atoms with Crippen LogP contribution in [0.15, 0.2) is 24.3 Å². The zero-order chi connectivity index (χ0) is 17.2. The summed E-state index contributed by atoms with van der Waals surface area (Å²) in [6.07, 6.45) is 2.25. The van der Waals surface area contributed by atoms with Crippen molar-refractivity contribution < 1.29 is 9.59 Å². The second kappa shape index (κ2) is 6.81. The molecule has 3 amide bonds. The highest BCUT2D eigenvalue weighted by Crippen LogP contribution is 2.39. The monoisotopic (exact) mass is 330 g/mol. The summed E-state index contributed by atoms with van der Waals surface area (Å²) in [5.41, 5.74) is 1.79. The molecule has 0 atom stereocenters. The van der Waals surface area contributed by atoms with E-state index in [2.05, 4.69) is 26.9 Å². The average molecular weight is 330 g/mol. The lowest BCUT2D eigenvalue weighted by atomic mass is 9.79. The van der Waals surface area contributed by atoms with Gasteiger partial charge < -0.3 is 20.9 Å². The van der Waals surface area contributed by atoms with Crippen molar-refractivity contribution in [1.82, 2.24) is 15.5 Å². The second-order valence-electron chi connectivity index (χ2n) is 7.02. The Morgan fingerprint density at radius 1 is 1.29 bits per heavy atom. The number of nitrogens with one attached hydrogen (secondary N) is 3. The number of rotatable bonds is 4. The van der Waals surface area contributed by atoms with Gasteiger partial charge in [0.05, 0.1) is 5.54 Å². The second-order valence-corrected chi connectivity index (χ2v) is 7.02. The van der Waals surface area contributed by atoms with Crippen LogP contribution in [-0.4, -0.2) is 42.5 Å². The van der Waals surface area contributed by atoms with Gasteiger partial charge >= 0.3 is 6.03 Å². The number of fused-ring (bicyclic) bond motifs is 2. The van der Waals surface area contributed by atoms with Gasteiger partial charge in [-0.2, -0.15) is 0 Å². The molecule has 130 valence electrons. The van der Waals surface area contributed by atoms with Gasteiger partial charge in [-0.25, -0.2) is 4.79 Å². The first-order chi connectivity index (χ1) is 11.5. The average Bonchev–Trinajstić information content (AvgIpc) is 2.53. The van der Waals surface area contributed by atoms with Crippen molar-refractivity contribution in [3.05, 3.63) is 29.8 Å². The molecular formula is C18H26N4O2. The van der Waals surface area contributed by atoms with Crippen LogP contribution in [0, 0.1) is 0 Å². The standard InChI is InChI=1S/C18H26N4O2/c1-13(2)19-16(23)7-10-22-11-8-18(9-12-22)14-5-3-4-6-15(14)20-17(24)21-18/h3-6,13H,7-12H2,1-2H3,(H,19,23)(H2,20,21,24). The van der Waals surface area contributed by atoms with Gasteiger partial charge in [0.1, 0.15) is 0 Å². The van der Waals surface area contributed by atoms with E-state index >= 15 is 0 Å². The van der Waals surface area contributed by atoms with Crippen LogP contribution in [0.5, 0.6) is 0 Å². The molecule has 0 aromatic heterocycles. The molecule has 1 spiro atoms. The van der Waals surface area contributed by atoms with E-state index in [1.54, 1.807) is 0 Å². The Kier molecular flexibility index (Phi) is 4.76. The molecule has 6 heteroatoms. The first-order valence-corrected chi connectivity index (χ1v) is 8.69. The lowest BCUT2D eigenvalue weighted by molar-refractivity contribution is -0.122. The third-order valence-electron chi connectivity index (χ3n) is 4.86. The summed E-state index contributed by atoms with van der Waals surface area (Å²) in [5, 5.41) is 8.95. The number of hydrogen-bond donors (Lipinski definition) is 3. The number of benzene rings is 1. The van der Waals surface area contributed by atoms with Crippen LogP contribution in [0.3, 0.4) is 0 Å². The molecule has 2 aliphatic heterocycles. The van der Waals surface area contributed by atoms with E-state index in [1.807, 2.05) is 32.0 Å². The molecule has 1 fully saturated rings. The smallest absolute Gasteiger partial charge is 0.319 e. The molecule has 3 N–H and O–H groups in total. The lowest BCUT2D eigenvalue weighted by Gasteiger charge is -2.45. The number of amides is 3. The summed E-state index contributed by atoms with van der Waals surface area (Å²) in [7, 11) is 0. The number of carbonyl (C=O) groups is 2. The molecule has 0 unspecified atom stereocenters. The molecular weight excluding hydrogens is 304 g/mol. The highest BCUT2D eigenvalue weighted by molar-refractivity contribution is 5.93. The van der Waals surface area contributed by atoms with Crippen molar-refractivity contribution >= 4 is 17.6 Å². The van der Waals surface area contributed by atoms with E-state index in [4.69, 9.17) is 0 Å². The van der Waals surface area contributed by atoms with Gasteiger partial charge in [-0.05, 0) is 32.8 Å². The maximum atomic E-state index is 12.0. The highest BCUT2D eigenvalue weighted by Gasteiger charge is 2.41. The molecule has 0 radical (unpaired) electrons. The van der Waals surface area contributed by atoms with Crippen molar-refractivity contribution in [2.45, 2.75) is 44.7 Å². The van der Waals surface area contributed by atoms with Gasteiger partial charge in [0.25, 0.3) is 0 Å². The number of nitrogens with zero attached hydrogens (tertiary/aromatic N) is 1. The fourth-order valence-electron chi connectivity index (χ4n) is 3.65. The van der Waals surface area contributed by atoms with E-state index in [0.717, 1.165) is 38.2 Å². The SMILES string of the molecule is CC(C)NC(=O)CCN1CCC2(CC1)NC(=O)Nc1ccccc12. The summed E-state index contributed by atoms with van der Waals surface area (Å²) in [5.74, 6) is 0.103. The van der Waals surface area contributed by atoms with Crippen LogP contribution in [0.4, 0.5) is 10.5 Å². The third kappa shape index (κ3) is 3.53. The summed E-state index contributed by atoms with van der Waals surface area (Å²) >= 11 is 0. The number of para-hydroxylation sites is 1. The van der Waals surface area contributed by atoms with Crippen LogP contribution in [0.25, 0.3) is 0 Å².